The number of nitrogens with zero attached hydrogens (tertiary/aromatic N) is 1. The van der Waals surface area contributed by atoms with E-state index >= 15 is 0 Å². The molecule has 0 saturated carbocycles. The van der Waals surface area contributed by atoms with Crippen molar-refractivity contribution in [2.75, 3.05) is 0 Å². The van der Waals surface area contributed by atoms with Gasteiger partial charge in [-0.1, -0.05) is 106 Å². The average molecular weight is 689 g/mol. The third-order valence-corrected chi connectivity index (χ3v) is 7.27. The number of pyridine rings is 1. The molecule has 0 fully saturated rings. The minimum Gasteiger partial charge on any atom is -0.512 e. The van der Waals surface area contributed by atoms with E-state index < -0.39 is 5.41 Å². The van der Waals surface area contributed by atoms with E-state index in [4.69, 9.17) is 0 Å². The van der Waals surface area contributed by atoms with Crippen LogP contribution in [0.15, 0.2) is 72.6 Å². The van der Waals surface area contributed by atoms with Gasteiger partial charge < -0.3 is 10.1 Å². The van der Waals surface area contributed by atoms with Gasteiger partial charge in [0, 0.05) is 43.2 Å². The molecule has 0 atom stereocenters. The fourth-order valence-corrected chi connectivity index (χ4v) is 4.79. The van der Waals surface area contributed by atoms with Gasteiger partial charge in [0.2, 0.25) is 0 Å². The first kappa shape index (κ1) is 31.7. The van der Waals surface area contributed by atoms with Gasteiger partial charge in [-0.3, -0.25) is 4.79 Å². The number of aliphatic hydroxyl groups excluding tert-OH is 1. The fraction of sp³-hybridized carbons (Fsp3) is 0.412. The zero-order chi connectivity index (χ0) is 27.8. The normalized spacial score (nSPS) is 15.7. The van der Waals surface area contributed by atoms with Gasteiger partial charge in [0.25, 0.3) is 0 Å². The summed E-state index contributed by atoms with van der Waals surface area (Å²) in [5.74, 6) is 0.104. The van der Waals surface area contributed by atoms with E-state index in [-0.39, 0.29) is 47.9 Å². The summed E-state index contributed by atoms with van der Waals surface area (Å²) in [6.07, 6.45) is 3.19. The minimum absolute atomic E-state index is 0. The molecule has 38 heavy (non-hydrogen) atoms. The first-order valence-electron chi connectivity index (χ1n) is 13.0. The van der Waals surface area contributed by atoms with Gasteiger partial charge in [-0.2, -0.15) is 0 Å². The monoisotopic (exact) mass is 689 g/mol. The Labute approximate surface area is 243 Å². The smallest absolute Gasteiger partial charge is 0.164 e. The maximum absolute atomic E-state index is 11.5. The molecule has 4 heteroatoms. The number of ketones is 1. The quantitative estimate of drug-likeness (QED) is 0.167. The number of rotatable bonds is 2. The molecule has 3 aromatic rings. The molecule has 4 rings (SSSR count). The summed E-state index contributed by atoms with van der Waals surface area (Å²) in [6, 6.07) is 22.7. The summed E-state index contributed by atoms with van der Waals surface area (Å²) in [7, 11) is 0. The number of hydrogen-bond donors (Lipinski definition) is 1. The Kier molecular flexibility index (Phi) is 9.40. The van der Waals surface area contributed by atoms with Crippen molar-refractivity contribution in [3.05, 3.63) is 101 Å². The van der Waals surface area contributed by atoms with Gasteiger partial charge in [-0.15, -0.1) is 34.9 Å². The molecule has 0 spiro atoms. The number of fused-ring (bicyclic) bond motifs is 2. The molecule has 0 saturated heterocycles. The number of aromatic nitrogens is 1. The second-order valence-electron chi connectivity index (χ2n) is 13.0. The van der Waals surface area contributed by atoms with Crippen LogP contribution in [0.25, 0.3) is 11.3 Å². The van der Waals surface area contributed by atoms with E-state index in [0.29, 0.717) is 0 Å². The van der Waals surface area contributed by atoms with Crippen molar-refractivity contribution in [3.63, 3.8) is 0 Å². The zero-order valence-corrected chi connectivity index (χ0v) is 26.9. The molecule has 0 aliphatic heterocycles. The van der Waals surface area contributed by atoms with Crippen molar-refractivity contribution in [3.8, 4) is 11.3 Å². The summed E-state index contributed by atoms with van der Waals surface area (Å²) in [5, 5.41) is 9.56. The van der Waals surface area contributed by atoms with E-state index in [1.165, 1.54) is 28.3 Å². The van der Waals surface area contributed by atoms with E-state index in [1.807, 2.05) is 59.9 Å². The number of carbonyl (C=O) groups is 1. The zero-order valence-electron chi connectivity index (χ0n) is 24.5. The summed E-state index contributed by atoms with van der Waals surface area (Å²) in [6.45, 7) is 20.4. The molecule has 2 aromatic carbocycles. The van der Waals surface area contributed by atoms with E-state index in [2.05, 4.69) is 81.2 Å². The number of aliphatic hydroxyl groups is 1. The molecule has 0 unspecified atom stereocenters. The second-order valence-corrected chi connectivity index (χ2v) is 13.0. The summed E-state index contributed by atoms with van der Waals surface area (Å²) < 4.78 is 0. The predicted molar refractivity (Wildman–Crippen MR) is 154 cm³/mol. The maximum Gasteiger partial charge on any atom is 0.164 e. The first-order chi connectivity index (χ1) is 17.0. The average Bonchev–Trinajstić information content (AvgIpc) is 2.82. The molecule has 1 aliphatic rings. The Morgan fingerprint density at radius 1 is 0.816 bits per heavy atom. The van der Waals surface area contributed by atoms with Gasteiger partial charge >= 0.3 is 0 Å². The first-order valence-corrected chi connectivity index (χ1v) is 13.0. The van der Waals surface area contributed by atoms with Crippen LogP contribution in [0.3, 0.4) is 0 Å². The van der Waals surface area contributed by atoms with Crippen LogP contribution in [0, 0.1) is 16.9 Å². The van der Waals surface area contributed by atoms with Crippen molar-refractivity contribution in [1.29, 1.82) is 0 Å². The van der Waals surface area contributed by atoms with Crippen LogP contribution >= 0.6 is 0 Å². The molecule has 1 radical (unpaired) electrons. The molecular formula is C34H42IrNO2-. The largest absolute Gasteiger partial charge is 0.512 e. The number of benzene rings is 2. The molecule has 3 nitrogen and oxygen atoms in total. The third kappa shape index (κ3) is 6.35. The second kappa shape index (κ2) is 11.3. The van der Waals surface area contributed by atoms with Crippen LogP contribution in [0.4, 0.5) is 0 Å². The molecule has 205 valence electrons. The number of hydrogen-bond acceptors (Lipinski definition) is 3. The molecule has 1 heterocycles. The van der Waals surface area contributed by atoms with Crippen molar-refractivity contribution in [2.24, 2.45) is 10.8 Å². The Morgan fingerprint density at radius 2 is 1.37 bits per heavy atom. The molecular weight excluding hydrogens is 647 g/mol. The number of carbonyl (C=O) groups excluding carboxylic acids is 1. The fourth-order valence-electron chi connectivity index (χ4n) is 4.79. The molecule has 0 amide bonds. The SMILES string of the molecule is CC(C)(C)C(=O)/C=C(\O)C(C)(C)C.CC1(C)c2ccccc2C(C)(C)c2c(-c3ccccn3)[c-]ccc21.[Ir]. The number of allylic oxidation sites excluding steroid dienone is 2. The Hall–Kier alpha value is -2.55. The van der Waals surface area contributed by atoms with Crippen LogP contribution in [-0.2, 0) is 35.7 Å². The Morgan fingerprint density at radius 3 is 1.87 bits per heavy atom. The van der Waals surface area contributed by atoms with E-state index in [0.717, 1.165) is 11.3 Å². The Balaban J connectivity index is 0.000000313. The van der Waals surface area contributed by atoms with E-state index in [9.17, 15) is 9.90 Å². The Bertz CT molecular complexity index is 1310. The minimum atomic E-state index is -0.417. The van der Waals surface area contributed by atoms with Gasteiger partial charge in [0.15, 0.2) is 5.78 Å². The van der Waals surface area contributed by atoms with E-state index in [1.54, 1.807) is 0 Å². The van der Waals surface area contributed by atoms with Crippen LogP contribution in [0.1, 0.15) is 91.5 Å². The standard InChI is InChI=1S/C23H22N.C11H20O2.Ir/c1-22(2)17-11-5-6-12-18(17)23(3,4)21-16(10-9-13-19(21)22)20-14-7-8-15-24-20;1-10(2,3)8(12)7-9(13)11(4,5)6;/h5-9,11-15H,1-4H3;7,12H,1-6H3;/q-1;;/b;8-7-;. The summed E-state index contributed by atoms with van der Waals surface area (Å²) >= 11 is 0. The van der Waals surface area contributed by atoms with Crippen molar-refractivity contribution >= 4 is 5.78 Å². The van der Waals surface area contributed by atoms with Crippen molar-refractivity contribution < 1.29 is 30.0 Å². The van der Waals surface area contributed by atoms with Gasteiger partial charge in [-0.05, 0) is 33.7 Å². The van der Waals surface area contributed by atoms with Crippen LogP contribution in [0.2, 0.25) is 0 Å². The molecule has 1 N–H and O–H groups in total. The van der Waals surface area contributed by atoms with Crippen molar-refractivity contribution in [1.82, 2.24) is 4.98 Å². The predicted octanol–water partition coefficient (Wildman–Crippen LogP) is 8.60. The van der Waals surface area contributed by atoms with Gasteiger partial charge in [-0.25, -0.2) is 0 Å². The summed E-state index contributed by atoms with van der Waals surface area (Å²) in [4.78, 5) is 16.1. The van der Waals surface area contributed by atoms with Gasteiger partial charge in [0.1, 0.15) is 5.76 Å². The van der Waals surface area contributed by atoms with Crippen molar-refractivity contribution in [2.45, 2.75) is 80.1 Å². The maximum atomic E-state index is 11.5. The van der Waals surface area contributed by atoms with Crippen LogP contribution in [0.5, 0.6) is 0 Å². The van der Waals surface area contributed by atoms with Crippen LogP contribution in [-0.4, -0.2) is 15.9 Å². The molecule has 1 aromatic heterocycles. The topological polar surface area (TPSA) is 50.2 Å². The molecule has 1 aliphatic carbocycles. The third-order valence-electron chi connectivity index (χ3n) is 7.27. The van der Waals surface area contributed by atoms with Crippen LogP contribution < -0.4 is 0 Å². The summed E-state index contributed by atoms with van der Waals surface area (Å²) in [5.41, 5.74) is 6.81. The van der Waals surface area contributed by atoms with Gasteiger partial charge in [0.05, 0.1) is 0 Å². The molecule has 0 bridgehead atoms.